The molecule has 1 aromatic rings. The normalized spacial score (nSPS) is 27.2. The molecule has 2 saturated heterocycles. The lowest BCUT2D eigenvalue weighted by atomic mass is 9.81. The molecule has 0 aliphatic carbocycles. The van der Waals surface area contributed by atoms with Crippen molar-refractivity contribution in [2.75, 3.05) is 19.5 Å². The van der Waals surface area contributed by atoms with E-state index in [2.05, 4.69) is 228 Å². The van der Waals surface area contributed by atoms with E-state index in [4.69, 9.17) is 36.7 Å². The van der Waals surface area contributed by atoms with Crippen molar-refractivity contribution in [3.63, 3.8) is 0 Å². The molecule has 2 aliphatic heterocycles. The first kappa shape index (κ1) is 69.7. The molecule has 76 heavy (non-hydrogen) atoms. The smallest absolute Gasteiger partial charge is 0.192 e. The van der Waals surface area contributed by atoms with Crippen LogP contribution in [0.1, 0.15) is 170 Å². The van der Waals surface area contributed by atoms with Crippen molar-refractivity contribution in [3.05, 3.63) is 53.6 Å². The maximum Gasteiger partial charge on any atom is 0.192 e. The summed E-state index contributed by atoms with van der Waals surface area (Å²) in [5, 5.41) is 0.285. The van der Waals surface area contributed by atoms with Gasteiger partial charge in [0.05, 0.1) is 50.3 Å². The van der Waals surface area contributed by atoms with E-state index < -0.39 is 39.6 Å². The molecule has 2 aliphatic rings. The van der Waals surface area contributed by atoms with Crippen LogP contribution in [0.5, 0.6) is 5.75 Å². The van der Waals surface area contributed by atoms with E-state index in [1.54, 1.807) is 7.11 Å². The SMILES string of the molecule is CCSC1O[C@H](C[C@H](/C=C\[C@@H](C)[C@@H](O[Si](C)(C)C(C)(C)C)[C@H](C)/C=C(/C)C[C@@H](C)[C@H](O[Si](C)(C)C(C)(C)C)[C@@H](C)[C@@H]2OC(c3ccc(OC)cc3)OC[C@H]2C)O[Si](C)(C)C(C)(C)C)[C@@H](C)[C@@H](O[Si](C)(C)C(C)(C)C)[C@@H]1C. The lowest BCUT2D eigenvalue weighted by molar-refractivity contribution is -0.256. The first-order valence-corrected chi connectivity index (χ1v) is 42.3. The highest BCUT2D eigenvalue weighted by molar-refractivity contribution is 7.99. The van der Waals surface area contributed by atoms with Crippen molar-refractivity contribution >= 4 is 45.0 Å². The molecular weight excluding hydrogens is 1030 g/mol. The van der Waals surface area contributed by atoms with Crippen LogP contribution in [0.3, 0.4) is 0 Å². The van der Waals surface area contributed by atoms with E-state index in [1.807, 2.05) is 23.9 Å². The van der Waals surface area contributed by atoms with Crippen LogP contribution in [0, 0.1) is 41.4 Å². The van der Waals surface area contributed by atoms with Gasteiger partial charge >= 0.3 is 0 Å². The van der Waals surface area contributed by atoms with E-state index in [0.717, 1.165) is 29.9 Å². The summed E-state index contributed by atoms with van der Waals surface area (Å²) in [5.41, 5.74) is 2.46. The fourth-order valence-electron chi connectivity index (χ4n) is 10.1. The van der Waals surface area contributed by atoms with Crippen molar-refractivity contribution in [2.24, 2.45) is 41.4 Å². The summed E-state index contributed by atoms with van der Waals surface area (Å²) in [5.74, 6) is 3.21. The zero-order valence-electron chi connectivity index (χ0n) is 54.7. The average Bonchev–Trinajstić information content (AvgIpc) is 3.27. The van der Waals surface area contributed by atoms with Gasteiger partial charge in [-0.25, -0.2) is 0 Å². The predicted molar refractivity (Wildman–Crippen MR) is 338 cm³/mol. The maximum absolute atomic E-state index is 7.58. The summed E-state index contributed by atoms with van der Waals surface area (Å²) >= 11 is 1.93. The monoisotopic (exact) mass is 1150 g/mol. The Balaban J connectivity index is 2.06. The van der Waals surface area contributed by atoms with Crippen molar-refractivity contribution in [2.45, 2.75) is 279 Å². The number of methoxy groups -OCH3 is 1. The second-order valence-corrected chi connectivity index (χ2v) is 50.5. The van der Waals surface area contributed by atoms with Crippen LogP contribution < -0.4 is 4.74 Å². The lowest BCUT2D eigenvalue weighted by Crippen LogP contribution is -2.55. The highest BCUT2D eigenvalue weighted by Gasteiger charge is 2.50. The number of hydrogen-bond acceptors (Lipinski definition) is 9. The van der Waals surface area contributed by atoms with Crippen LogP contribution >= 0.6 is 11.8 Å². The maximum atomic E-state index is 7.58. The minimum atomic E-state index is -2.21. The van der Waals surface area contributed by atoms with Gasteiger partial charge in [0, 0.05) is 35.7 Å². The quantitative estimate of drug-likeness (QED) is 0.0743. The largest absolute Gasteiger partial charge is 0.497 e. The Hall–Kier alpha value is -0.562. The molecule has 15 atom stereocenters. The molecule has 0 N–H and O–H groups in total. The molecule has 0 bridgehead atoms. The Labute approximate surface area is 478 Å². The number of allylic oxidation sites excluding steroid dienone is 1. The van der Waals surface area contributed by atoms with E-state index in [9.17, 15) is 0 Å². The summed E-state index contributed by atoms with van der Waals surface area (Å²) in [6.45, 7) is 69.1. The Morgan fingerprint density at radius 3 is 1.66 bits per heavy atom. The van der Waals surface area contributed by atoms with E-state index in [-0.39, 0.29) is 104 Å². The van der Waals surface area contributed by atoms with Gasteiger partial charge in [0.25, 0.3) is 0 Å². The van der Waals surface area contributed by atoms with Crippen LogP contribution in [0.2, 0.25) is 72.5 Å². The summed E-state index contributed by atoms with van der Waals surface area (Å²) in [6.07, 6.45) is 8.57. The molecule has 8 nitrogen and oxygen atoms in total. The van der Waals surface area contributed by atoms with Crippen LogP contribution in [0.25, 0.3) is 0 Å². The zero-order chi connectivity index (χ0) is 58.5. The molecule has 442 valence electrons. The summed E-state index contributed by atoms with van der Waals surface area (Å²) in [6, 6.07) is 8.08. The minimum Gasteiger partial charge on any atom is -0.497 e. The van der Waals surface area contributed by atoms with Gasteiger partial charge in [-0.15, -0.1) is 11.8 Å². The molecule has 1 aromatic carbocycles. The molecule has 2 heterocycles. The van der Waals surface area contributed by atoms with Gasteiger partial charge in [-0.2, -0.15) is 0 Å². The molecule has 2 unspecified atom stereocenters. The molecule has 0 saturated carbocycles. The van der Waals surface area contributed by atoms with Gasteiger partial charge in [-0.3, -0.25) is 0 Å². The van der Waals surface area contributed by atoms with Crippen LogP contribution in [-0.2, 0) is 31.9 Å². The highest BCUT2D eigenvalue weighted by Crippen LogP contribution is 2.47. The van der Waals surface area contributed by atoms with E-state index >= 15 is 0 Å². The average molecular weight is 1150 g/mol. The van der Waals surface area contributed by atoms with Gasteiger partial charge in [0.1, 0.15) is 11.2 Å². The summed E-state index contributed by atoms with van der Waals surface area (Å²) < 4.78 is 55.9. The van der Waals surface area contributed by atoms with Gasteiger partial charge in [-0.05, 0) is 122 Å². The molecule has 0 aromatic heterocycles. The fraction of sp³-hybridized carbons (Fsp3) is 0.841. The highest BCUT2D eigenvalue weighted by atomic mass is 32.2. The Kier molecular flexibility index (Phi) is 25.0. The molecule has 13 heteroatoms. The standard InChI is InChI=1S/C63H120O8SSi4/c1-31-72-59-49(9)57(71-76(29,30)63(19,20)21)47(7)53(66-59)40-52(68-73(23,24)60(10,11)12)35-32-43(3)54(69-74(25,26)61(13,14)15)44(4)38-42(2)39-45(5)56(70-75(27,28)62(16,17)18)48(8)55-46(6)41-65-58(67-55)50-33-36-51(64-22)37-34-50/h32-38,43-49,52-59H,31,39-41H2,1-30H3/b35-32-,42-38-/t43-,44-,45-,46-,47-,48+,49+,52+,53-,54-,55-,56+,57-,58?,59?/m1/s1. The Morgan fingerprint density at radius 2 is 1.17 bits per heavy atom. The van der Waals surface area contributed by atoms with Gasteiger partial charge in [0.15, 0.2) is 39.6 Å². The minimum absolute atomic E-state index is 0.00110. The molecule has 0 amide bonds. The summed E-state index contributed by atoms with van der Waals surface area (Å²) in [7, 11) is -6.96. The first-order chi connectivity index (χ1) is 34.4. The number of thioether (sulfide) groups is 1. The molecule has 2 fully saturated rings. The second-order valence-electron chi connectivity index (χ2n) is 30.1. The number of benzene rings is 1. The second kappa shape index (κ2) is 27.2. The van der Waals surface area contributed by atoms with Gasteiger partial charge in [0.2, 0.25) is 0 Å². The van der Waals surface area contributed by atoms with Crippen molar-refractivity contribution < 1.29 is 36.7 Å². The van der Waals surface area contributed by atoms with Crippen molar-refractivity contribution in [3.8, 4) is 5.75 Å². The Bertz CT molecular complexity index is 1980. The van der Waals surface area contributed by atoms with E-state index in [0.29, 0.717) is 6.61 Å². The lowest BCUT2D eigenvalue weighted by Gasteiger charge is -2.50. The summed E-state index contributed by atoms with van der Waals surface area (Å²) in [4.78, 5) is 0. The number of rotatable bonds is 24. The van der Waals surface area contributed by atoms with Crippen LogP contribution in [-0.4, -0.2) is 94.8 Å². The number of hydrogen-bond donors (Lipinski definition) is 0. The van der Waals surface area contributed by atoms with E-state index in [1.165, 1.54) is 5.57 Å². The third kappa shape index (κ3) is 18.5. The third-order valence-electron chi connectivity index (χ3n) is 19.3. The van der Waals surface area contributed by atoms with Crippen LogP contribution in [0.15, 0.2) is 48.1 Å². The topological polar surface area (TPSA) is 73.8 Å². The fourth-order valence-corrected chi connectivity index (χ4v) is 16.8. The third-order valence-corrected chi connectivity index (χ3v) is 38.4. The Morgan fingerprint density at radius 1 is 0.671 bits per heavy atom. The predicted octanol–water partition coefficient (Wildman–Crippen LogP) is 18.9. The van der Waals surface area contributed by atoms with Gasteiger partial charge in [-0.1, -0.05) is 174 Å². The van der Waals surface area contributed by atoms with Crippen LogP contribution in [0.4, 0.5) is 0 Å². The molecule has 0 radical (unpaired) electrons. The first-order valence-electron chi connectivity index (χ1n) is 29.7. The van der Waals surface area contributed by atoms with Gasteiger partial charge < -0.3 is 36.7 Å². The van der Waals surface area contributed by atoms with Crippen molar-refractivity contribution in [1.82, 2.24) is 0 Å². The molecule has 0 spiro atoms. The van der Waals surface area contributed by atoms with Crippen molar-refractivity contribution in [1.29, 1.82) is 0 Å². The molecular formula is C63H120O8SSi4. The zero-order valence-corrected chi connectivity index (χ0v) is 59.5. The molecule has 3 rings (SSSR count). The number of ether oxygens (including phenoxy) is 4.